The van der Waals surface area contributed by atoms with Crippen molar-refractivity contribution in [2.24, 2.45) is 11.8 Å². The van der Waals surface area contributed by atoms with Gasteiger partial charge in [-0.25, -0.2) is 5.84 Å². The van der Waals surface area contributed by atoms with Crippen LogP contribution in [0.2, 0.25) is 0 Å². The molecule has 1 amide bonds. The number of hydrazine groups is 1. The Bertz CT molecular complexity index is 465. The van der Waals surface area contributed by atoms with Crippen LogP contribution in [0.5, 0.6) is 0 Å². The topological polar surface area (TPSA) is 64.3 Å². The van der Waals surface area contributed by atoms with E-state index in [4.69, 9.17) is 10.6 Å². The normalized spacial score (nSPS) is 30.2. The average molecular weight is 246 g/mol. The lowest BCUT2D eigenvalue weighted by Crippen LogP contribution is -2.40. The highest BCUT2D eigenvalue weighted by Crippen LogP contribution is 2.47. The Morgan fingerprint density at radius 3 is 2.78 bits per heavy atom. The summed E-state index contributed by atoms with van der Waals surface area (Å²) in [6, 6.07) is 8.40. The van der Waals surface area contributed by atoms with E-state index in [-0.39, 0.29) is 17.4 Å². The Morgan fingerprint density at radius 1 is 1.33 bits per heavy atom. The molecule has 3 rings (SSSR count). The second-order valence-corrected chi connectivity index (χ2v) is 5.22. The van der Waals surface area contributed by atoms with Gasteiger partial charge >= 0.3 is 0 Å². The van der Waals surface area contributed by atoms with Gasteiger partial charge in [0.1, 0.15) is 0 Å². The highest BCUT2D eigenvalue weighted by Gasteiger charge is 2.43. The van der Waals surface area contributed by atoms with Crippen molar-refractivity contribution in [3.05, 3.63) is 35.4 Å². The third kappa shape index (κ3) is 1.72. The number of carbonyl (C=O) groups is 1. The van der Waals surface area contributed by atoms with Crippen LogP contribution in [-0.2, 0) is 21.7 Å². The van der Waals surface area contributed by atoms with Gasteiger partial charge in [-0.3, -0.25) is 10.2 Å². The molecule has 4 heteroatoms. The number of amides is 1. The molecule has 1 spiro atoms. The number of hydrogen-bond donors (Lipinski definition) is 2. The van der Waals surface area contributed by atoms with Gasteiger partial charge in [-0.1, -0.05) is 24.3 Å². The van der Waals surface area contributed by atoms with Gasteiger partial charge in [0.25, 0.3) is 0 Å². The number of fused-ring (bicyclic) bond motifs is 2. The van der Waals surface area contributed by atoms with Crippen LogP contribution in [0.15, 0.2) is 24.3 Å². The average Bonchev–Trinajstić information content (AvgIpc) is 2.78. The van der Waals surface area contributed by atoms with Crippen molar-refractivity contribution >= 4 is 5.91 Å². The Kier molecular flexibility index (Phi) is 2.84. The zero-order valence-corrected chi connectivity index (χ0v) is 10.3. The van der Waals surface area contributed by atoms with Gasteiger partial charge in [-0.2, -0.15) is 0 Å². The first kappa shape index (κ1) is 11.7. The highest BCUT2D eigenvalue weighted by molar-refractivity contribution is 5.78. The summed E-state index contributed by atoms with van der Waals surface area (Å²) < 4.78 is 6.05. The molecule has 1 aliphatic carbocycles. The van der Waals surface area contributed by atoms with Crippen molar-refractivity contribution < 1.29 is 9.53 Å². The zero-order valence-electron chi connectivity index (χ0n) is 10.3. The molecule has 0 bridgehead atoms. The SMILES string of the molecule is NNC(=O)[C@H]1CC[C@]2(CC1)OCc1ccccc12. The molecule has 1 saturated carbocycles. The molecule has 96 valence electrons. The fourth-order valence-electron chi connectivity index (χ4n) is 3.26. The summed E-state index contributed by atoms with van der Waals surface area (Å²) in [5.41, 5.74) is 4.71. The van der Waals surface area contributed by atoms with Crippen LogP contribution >= 0.6 is 0 Å². The molecular weight excluding hydrogens is 228 g/mol. The summed E-state index contributed by atoms with van der Waals surface area (Å²) >= 11 is 0. The Morgan fingerprint density at radius 2 is 2.06 bits per heavy atom. The van der Waals surface area contributed by atoms with E-state index >= 15 is 0 Å². The molecule has 2 aliphatic rings. The number of rotatable bonds is 1. The lowest BCUT2D eigenvalue weighted by Gasteiger charge is -2.36. The van der Waals surface area contributed by atoms with E-state index in [1.807, 2.05) is 0 Å². The maximum atomic E-state index is 11.5. The van der Waals surface area contributed by atoms with Crippen molar-refractivity contribution in [1.29, 1.82) is 0 Å². The van der Waals surface area contributed by atoms with Crippen molar-refractivity contribution in [3.8, 4) is 0 Å². The number of nitrogens with one attached hydrogen (secondary N) is 1. The molecule has 1 aliphatic heterocycles. The molecule has 0 saturated heterocycles. The molecule has 18 heavy (non-hydrogen) atoms. The fourth-order valence-corrected chi connectivity index (χ4v) is 3.26. The molecule has 0 radical (unpaired) electrons. The van der Waals surface area contributed by atoms with Gasteiger partial charge < -0.3 is 4.74 Å². The summed E-state index contributed by atoms with van der Waals surface area (Å²) in [7, 11) is 0. The molecule has 1 heterocycles. The number of ether oxygens (including phenoxy) is 1. The van der Waals surface area contributed by atoms with E-state index in [0.717, 1.165) is 25.7 Å². The lowest BCUT2D eigenvalue weighted by molar-refractivity contribution is -0.130. The first-order valence-electron chi connectivity index (χ1n) is 6.48. The second kappa shape index (κ2) is 4.37. The third-order valence-electron chi connectivity index (χ3n) is 4.32. The van der Waals surface area contributed by atoms with Crippen LogP contribution in [0.3, 0.4) is 0 Å². The first-order valence-corrected chi connectivity index (χ1v) is 6.48. The van der Waals surface area contributed by atoms with Gasteiger partial charge in [0.2, 0.25) is 5.91 Å². The van der Waals surface area contributed by atoms with E-state index in [9.17, 15) is 4.79 Å². The van der Waals surface area contributed by atoms with Crippen molar-refractivity contribution in [3.63, 3.8) is 0 Å². The fraction of sp³-hybridized carbons (Fsp3) is 0.500. The number of nitrogens with two attached hydrogens (primary N) is 1. The molecule has 0 atom stereocenters. The minimum absolute atomic E-state index is 0.0389. The Hall–Kier alpha value is -1.39. The van der Waals surface area contributed by atoms with Gasteiger partial charge in [-0.15, -0.1) is 0 Å². The van der Waals surface area contributed by atoms with E-state index in [1.165, 1.54) is 11.1 Å². The maximum absolute atomic E-state index is 11.5. The minimum Gasteiger partial charge on any atom is -0.366 e. The quantitative estimate of drug-likeness (QED) is 0.449. The molecular formula is C14H18N2O2. The monoisotopic (exact) mass is 246 g/mol. The third-order valence-corrected chi connectivity index (χ3v) is 4.32. The van der Waals surface area contributed by atoms with Gasteiger partial charge in [-0.05, 0) is 36.8 Å². The summed E-state index contributed by atoms with van der Waals surface area (Å²) in [6.07, 6.45) is 3.50. The van der Waals surface area contributed by atoms with E-state index in [0.29, 0.717) is 6.61 Å². The van der Waals surface area contributed by atoms with Gasteiger partial charge in [0.15, 0.2) is 0 Å². The first-order chi connectivity index (χ1) is 8.75. The van der Waals surface area contributed by atoms with Crippen LogP contribution in [-0.4, -0.2) is 5.91 Å². The number of benzene rings is 1. The van der Waals surface area contributed by atoms with Crippen LogP contribution in [0.1, 0.15) is 36.8 Å². The predicted molar refractivity (Wildman–Crippen MR) is 67.2 cm³/mol. The molecule has 0 unspecified atom stereocenters. The molecule has 1 aromatic rings. The van der Waals surface area contributed by atoms with Crippen molar-refractivity contribution in [2.75, 3.05) is 0 Å². The van der Waals surface area contributed by atoms with Gasteiger partial charge in [0, 0.05) is 5.92 Å². The van der Waals surface area contributed by atoms with Crippen molar-refractivity contribution in [2.45, 2.75) is 37.9 Å². The van der Waals surface area contributed by atoms with Crippen LogP contribution < -0.4 is 11.3 Å². The molecule has 1 aromatic carbocycles. The van der Waals surface area contributed by atoms with Crippen LogP contribution in [0.25, 0.3) is 0 Å². The molecule has 4 nitrogen and oxygen atoms in total. The summed E-state index contributed by atoms with van der Waals surface area (Å²) in [5, 5.41) is 0. The summed E-state index contributed by atoms with van der Waals surface area (Å²) in [6.45, 7) is 0.698. The Labute approximate surface area is 106 Å². The van der Waals surface area contributed by atoms with Crippen LogP contribution in [0, 0.1) is 5.92 Å². The smallest absolute Gasteiger partial charge is 0.236 e. The summed E-state index contributed by atoms with van der Waals surface area (Å²) in [5.74, 6) is 5.19. The molecule has 0 aromatic heterocycles. The van der Waals surface area contributed by atoms with E-state index in [2.05, 4.69) is 29.7 Å². The number of hydrogen-bond acceptors (Lipinski definition) is 3. The second-order valence-electron chi connectivity index (χ2n) is 5.22. The summed E-state index contributed by atoms with van der Waals surface area (Å²) in [4.78, 5) is 11.5. The largest absolute Gasteiger partial charge is 0.366 e. The standard InChI is InChI=1S/C14H18N2O2/c15-16-13(17)10-5-7-14(8-6-10)12-4-2-1-3-11(12)9-18-14/h1-4,10H,5-9,15H2,(H,16,17)/t10-,14+. The van der Waals surface area contributed by atoms with Crippen LogP contribution in [0.4, 0.5) is 0 Å². The number of carbonyl (C=O) groups excluding carboxylic acids is 1. The van der Waals surface area contributed by atoms with E-state index < -0.39 is 0 Å². The molecule has 1 fully saturated rings. The zero-order chi connectivity index (χ0) is 12.6. The predicted octanol–water partition coefficient (Wildman–Crippen LogP) is 1.59. The van der Waals surface area contributed by atoms with Gasteiger partial charge in [0.05, 0.1) is 12.2 Å². The van der Waals surface area contributed by atoms with E-state index in [1.54, 1.807) is 0 Å². The van der Waals surface area contributed by atoms with Crippen molar-refractivity contribution in [1.82, 2.24) is 5.43 Å². The minimum atomic E-state index is -0.151. The lowest BCUT2D eigenvalue weighted by atomic mass is 9.75. The highest BCUT2D eigenvalue weighted by atomic mass is 16.5. The molecule has 3 N–H and O–H groups in total. The Balaban J connectivity index is 1.79. The maximum Gasteiger partial charge on any atom is 0.236 e.